The van der Waals surface area contributed by atoms with Gasteiger partial charge in [-0.15, -0.1) is 0 Å². The number of carbonyl (C=O) groups excluding carboxylic acids is 1. The van der Waals surface area contributed by atoms with Crippen molar-refractivity contribution in [1.82, 2.24) is 10.0 Å². The molecule has 3 rings (SSSR count). The van der Waals surface area contributed by atoms with Crippen molar-refractivity contribution >= 4 is 33.6 Å². The summed E-state index contributed by atoms with van der Waals surface area (Å²) < 4.78 is 41.4. The molecule has 12 heteroatoms. The predicted octanol–water partition coefficient (Wildman–Crippen LogP) is 0.367. The van der Waals surface area contributed by atoms with Crippen LogP contribution in [0.25, 0.3) is 0 Å². The van der Waals surface area contributed by atoms with Gasteiger partial charge in [0.05, 0.1) is 11.7 Å². The minimum atomic E-state index is -4.33. The van der Waals surface area contributed by atoms with Gasteiger partial charge >= 0.3 is 16.3 Å². The number of aromatic hydroxyl groups is 1. The molecule has 2 heterocycles. The van der Waals surface area contributed by atoms with Crippen LogP contribution in [0.2, 0.25) is 0 Å². The summed E-state index contributed by atoms with van der Waals surface area (Å²) in [4.78, 5) is 24.1. The van der Waals surface area contributed by atoms with Crippen molar-refractivity contribution in [1.29, 1.82) is 0 Å². The number of carboxylic acid groups (broad SMARTS) is 1. The van der Waals surface area contributed by atoms with Crippen LogP contribution in [0, 0.1) is 11.7 Å². The zero-order valence-corrected chi connectivity index (χ0v) is 16.1. The third-order valence-electron chi connectivity index (χ3n) is 4.57. The highest BCUT2D eigenvalue weighted by molar-refractivity contribution is 7.92. The molecule has 4 N–H and O–H groups in total. The standard InChI is InChI=1S/C16H21FN4O6S/c1-8(2)5-18-6-9-3-10-11(21(9)16(24)25)4-12(22)15(14(10)17)20-7-13(23)19-28(20,26)27/h4,8-9,18,22H,3,5-7H2,1-2H3,(H,19,23)(H,24,25)/t9-/m1/s1. The van der Waals surface area contributed by atoms with Crippen molar-refractivity contribution in [2.75, 3.05) is 28.8 Å². The van der Waals surface area contributed by atoms with E-state index in [1.165, 1.54) is 0 Å². The fraction of sp³-hybridized carbons (Fsp3) is 0.500. The Hall–Kier alpha value is -2.60. The first-order valence-corrected chi connectivity index (χ1v) is 10.1. The normalized spacial score (nSPS) is 20.6. The molecule has 0 aliphatic carbocycles. The molecular formula is C16H21FN4O6S. The number of carbonyl (C=O) groups is 2. The van der Waals surface area contributed by atoms with Crippen LogP contribution in [0.1, 0.15) is 19.4 Å². The SMILES string of the molecule is CC(C)CNC[C@H]1Cc2c(cc(O)c(N3CC(=O)NS3(=O)=O)c2F)N1C(=O)O. The molecule has 28 heavy (non-hydrogen) atoms. The van der Waals surface area contributed by atoms with Gasteiger partial charge in [-0.05, 0) is 18.9 Å². The van der Waals surface area contributed by atoms with E-state index in [1.807, 2.05) is 13.8 Å². The van der Waals surface area contributed by atoms with E-state index in [2.05, 4.69) is 5.32 Å². The third-order valence-corrected chi connectivity index (χ3v) is 5.95. The van der Waals surface area contributed by atoms with Crippen LogP contribution < -0.4 is 19.2 Å². The number of anilines is 2. The predicted molar refractivity (Wildman–Crippen MR) is 98.2 cm³/mol. The maximum Gasteiger partial charge on any atom is 0.412 e. The number of rotatable bonds is 5. The zero-order valence-electron chi connectivity index (χ0n) is 15.3. The molecule has 0 bridgehead atoms. The van der Waals surface area contributed by atoms with Crippen molar-refractivity contribution in [2.45, 2.75) is 26.3 Å². The second-order valence-electron chi connectivity index (χ2n) is 7.16. The lowest BCUT2D eigenvalue weighted by atomic mass is 10.1. The van der Waals surface area contributed by atoms with E-state index in [9.17, 15) is 28.2 Å². The highest BCUT2D eigenvalue weighted by Gasteiger charge is 2.42. The van der Waals surface area contributed by atoms with Crippen LogP contribution in [0.15, 0.2) is 6.07 Å². The third kappa shape index (κ3) is 3.44. The molecule has 1 aromatic rings. The summed E-state index contributed by atoms with van der Waals surface area (Å²) in [6, 6.07) is 0.396. The number of nitrogens with one attached hydrogen (secondary N) is 2. The van der Waals surface area contributed by atoms with Crippen molar-refractivity contribution in [3.05, 3.63) is 17.4 Å². The van der Waals surface area contributed by atoms with Gasteiger partial charge < -0.3 is 15.5 Å². The number of phenols is 1. The Labute approximate surface area is 161 Å². The molecule has 2 aliphatic heterocycles. The second-order valence-corrected chi connectivity index (χ2v) is 8.75. The number of phenolic OH excluding ortho intramolecular Hbond substituents is 1. The molecule has 0 spiro atoms. The number of halogens is 1. The second kappa shape index (κ2) is 7.09. The summed E-state index contributed by atoms with van der Waals surface area (Å²) in [5.41, 5.74) is -0.738. The summed E-state index contributed by atoms with van der Waals surface area (Å²) >= 11 is 0. The first-order chi connectivity index (χ1) is 13.0. The summed E-state index contributed by atoms with van der Waals surface area (Å²) in [7, 11) is -4.33. The highest BCUT2D eigenvalue weighted by Crippen LogP contribution is 2.44. The molecule has 0 unspecified atom stereocenters. The van der Waals surface area contributed by atoms with E-state index >= 15 is 4.39 Å². The Morgan fingerprint density at radius 1 is 1.46 bits per heavy atom. The molecule has 2 amide bonds. The molecule has 0 aromatic heterocycles. The summed E-state index contributed by atoms with van der Waals surface area (Å²) in [6.07, 6.45) is -1.31. The molecule has 1 aromatic carbocycles. The fourth-order valence-electron chi connectivity index (χ4n) is 3.43. The minimum Gasteiger partial charge on any atom is -0.506 e. The topological polar surface area (TPSA) is 139 Å². The van der Waals surface area contributed by atoms with E-state index in [0.717, 1.165) is 11.0 Å². The van der Waals surface area contributed by atoms with Gasteiger partial charge in [0.15, 0.2) is 5.82 Å². The molecule has 154 valence electrons. The van der Waals surface area contributed by atoms with Crippen LogP contribution >= 0.6 is 0 Å². The van der Waals surface area contributed by atoms with Crippen LogP contribution in [-0.2, 0) is 21.4 Å². The quantitative estimate of drug-likeness (QED) is 0.544. The molecule has 1 saturated heterocycles. The monoisotopic (exact) mass is 416 g/mol. The van der Waals surface area contributed by atoms with Crippen molar-refractivity contribution in [3.8, 4) is 5.75 Å². The molecule has 2 aliphatic rings. The summed E-state index contributed by atoms with van der Waals surface area (Å²) in [5.74, 6) is -2.35. The summed E-state index contributed by atoms with van der Waals surface area (Å²) in [6.45, 7) is 4.20. The maximum atomic E-state index is 15.2. The Balaban J connectivity index is 2.00. The van der Waals surface area contributed by atoms with E-state index < -0.39 is 52.1 Å². The van der Waals surface area contributed by atoms with Gasteiger partial charge in [0.25, 0.3) is 5.91 Å². The van der Waals surface area contributed by atoms with Gasteiger partial charge in [0.1, 0.15) is 18.0 Å². The van der Waals surface area contributed by atoms with Gasteiger partial charge in [-0.3, -0.25) is 9.69 Å². The van der Waals surface area contributed by atoms with E-state index in [1.54, 1.807) is 4.72 Å². The Bertz CT molecular complexity index is 936. The molecular weight excluding hydrogens is 395 g/mol. The lowest BCUT2D eigenvalue weighted by molar-refractivity contribution is -0.117. The van der Waals surface area contributed by atoms with Gasteiger partial charge in [0, 0.05) is 18.2 Å². The zero-order chi connectivity index (χ0) is 20.8. The molecule has 0 saturated carbocycles. The Kier molecular flexibility index (Phi) is 5.10. The molecule has 1 atom stereocenters. The van der Waals surface area contributed by atoms with E-state index in [0.29, 0.717) is 16.8 Å². The number of fused-ring (bicyclic) bond motifs is 1. The average molecular weight is 416 g/mol. The Morgan fingerprint density at radius 2 is 2.14 bits per heavy atom. The number of hydrogen-bond donors (Lipinski definition) is 4. The van der Waals surface area contributed by atoms with Gasteiger partial charge in [-0.25, -0.2) is 18.2 Å². The first kappa shape index (κ1) is 20.1. The number of nitrogens with zero attached hydrogens (tertiary/aromatic N) is 2. The van der Waals surface area contributed by atoms with Crippen molar-refractivity contribution in [2.24, 2.45) is 5.92 Å². The smallest absolute Gasteiger partial charge is 0.412 e. The largest absolute Gasteiger partial charge is 0.506 e. The average Bonchev–Trinajstić information content (AvgIpc) is 3.03. The van der Waals surface area contributed by atoms with Crippen molar-refractivity contribution in [3.63, 3.8) is 0 Å². The number of benzene rings is 1. The highest BCUT2D eigenvalue weighted by atomic mass is 32.2. The van der Waals surface area contributed by atoms with Crippen LogP contribution in [-0.4, -0.2) is 56.3 Å². The number of hydrogen-bond acceptors (Lipinski definition) is 6. The van der Waals surface area contributed by atoms with Gasteiger partial charge in [-0.1, -0.05) is 13.8 Å². The lowest BCUT2D eigenvalue weighted by Crippen LogP contribution is -2.43. The first-order valence-electron chi connectivity index (χ1n) is 8.63. The summed E-state index contributed by atoms with van der Waals surface area (Å²) in [5, 5.41) is 22.9. The molecule has 1 fully saturated rings. The minimum absolute atomic E-state index is 0.00110. The van der Waals surface area contributed by atoms with Crippen LogP contribution in [0.4, 0.5) is 20.6 Å². The lowest BCUT2D eigenvalue weighted by Gasteiger charge is -2.23. The van der Waals surface area contributed by atoms with Crippen LogP contribution in [0.3, 0.4) is 0 Å². The van der Waals surface area contributed by atoms with E-state index in [-0.39, 0.29) is 24.2 Å². The maximum absolute atomic E-state index is 15.2. The molecule has 0 radical (unpaired) electrons. The molecule has 10 nitrogen and oxygen atoms in total. The Morgan fingerprint density at radius 3 is 2.68 bits per heavy atom. The fourth-order valence-corrected chi connectivity index (χ4v) is 4.59. The van der Waals surface area contributed by atoms with E-state index in [4.69, 9.17) is 0 Å². The van der Waals surface area contributed by atoms with Crippen LogP contribution in [0.5, 0.6) is 5.75 Å². The van der Waals surface area contributed by atoms with Gasteiger partial charge in [-0.2, -0.15) is 8.42 Å². The van der Waals surface area contributed by atoms with Crippen molar-refractivity contribution < 1.29 is 32.6 Å². The van der Waals surface area contributed by atoms with Gasteiger partial charge in [0.2, 0.25) is 0 Å². The number of amides is 2.